The molecule has 2 aromatic rings. The van der Waals surface area contributed by atoms with E-state index in [-0.39, 0.29) is 16.8 Å². The van der Waals surface area contributed by atoms with Crippen molar-refractivity contribution in [2.75, 3.05) is 19.0 Å². The van der Waals surface area contributed by atoms with Crippen molar-refractivity contribution in [3.8, 4) is 5.75 Å². The van der Waals surface area contributed by atoms with E-state index in [0.717, 1.165) is 0 Å². The lowest BCUT2D eigenvalue weighted by Gasteiger charge is -2.09. The van der Waals surface area contributed by atoms with Crippen molar-refractivity contribution < 1.29 is 28.8 Å². The molecule has 10 heteroatoms. The highest BCUT2D eigenvalue weighted by Gasteiger charge is 2.20. The molecule has 0 aliphatic rings. The Morgan fingerprint density at radius 1 is 1.11 bits per heavy atom. The summed E-state index contributed by atoms with van der Waals surface area (Å²) in [7, 11) is 1.50. The van der Waals surface area contributed by atoms with Crippen LogP contribution in [0.5, 0.6) is 5.75 Å². The van der Waals surface area contributed by atoms with E-state index in [1.165, 1.54) is 32.2 Å². The topological polar surface area (TPSA) is 137 Å². The summed E-state index contributed by atoms with van der Waals surface area (Å²) in [6.45, 7) is 0.675. The fourth-order valence-corrected chi connectivity index (χ4v) is 2.25. The van der Waals surface area contributed by atoms with E-state index >= 15 is 0 Å². The Labute approximate surface area is 159 Å². The molecule has 0 spiro atoms. The molecule has 10 nitrogen and oxygen atoms in total. The van der Waals surface area contributed by atoms with Gasteiger partial charge in [-0.2, -0.15) is 0 Å². The second-order valence-corrected chi connectivity index (χ2v) is 5.51. The highest BCUT2D eigenvalue weighted by Crippen LogP contribution is 2.21. The quantitative estimate of drug-likeness (QED) is 0.441. The number of esters is 1. The maximum absolute atomic E-state index is 12.0. The lowest BCUT2D eigenvalue weighted by Crippen LogP contribution is -2.37. The van der Waals surface area contributed by atoms with Crippen molar-refractivity contribution in [1.29, 1.82) is 0 Å². The number of hydrogen-bond donors (Lipinski definition) is 2. The normalized spacial score (nSPS) is 9.93. The monoisotopic (exact) mass is 387 g/mol. The third kappa shape index (κ3) is 5.27. The number of methoxy groups -OCH3 is 1. The van der Waals surface area contributed by atoms with Crippen LogP contribution < -0.4 is 15.4 Å². The molecule has 0 heterocycles. The molecule has 0 atom stereocenters. The number of imide groups is 1. The van der Waals surface area contributed by atoms with Crippen LogP contribution in [0.4, 0.5) is 16.2 Å². The van der Waals surface area contributed by atoms with Gasteiger partial charge < -0.3 is 14.8 Å². The number of nitro groups is 1. The molecule has 0 radical (unpaired) electrons. The number of amides is 3. The molecule has 2 aromatic carbocycles. The van der Waals surface area contributed by atoms with E-state index in [9.17, 15) is 24.5 Å². The molecule has 0 aliphatic heterocycles. The smallest absolute Gasteiger partial charge is 0.339 e. The summed E-state index contributed by atoms with van der Waals surface area (Å²) in [5.74, 6) is -1.17. The van der Waals surface area contributed by atoms with Gasteiger partial charge in [-0.25, -0.2) is 9.59 Å². The molecule has 2 rings (SSSR count). The van der Waals surface area contributed by atoms with Crippen LogP contribution in [0.3, 0.4) is 0 Å². The maximum atomic E-state index is 12.0. The van der Waals surface area contributed by atoms with Gasteiger partial charge in [0, 0.05) is 17.3 Å². The fourth-order valence-electron chi connectivity index (χ4n) is 2.25. The van der Waals surface area contributed by atoms with Crippen molar-refractivity contribution >= 4 is 29.3 Å². The zero-order chi connectivity index (χ0) is 20.7. The number of carbonyl (C=O) groups is 3. The minimum absolute atomic E-state index is 0.0373. The highest BCUT2D eigenvalue weighted by atomic mass is 16.6. The molecule has 0 unspecified atom stereocenters. The molecule has 0 aliphatic carbocycles. The van der Waals surface area contributed by atoms with E-state index in [1.54, 1.807) is 24.3 Å². The van der Waals surface area contributed by atoms with Crippen LogP contribution in [0.15, 0.2) is 42.5 Å². The fraction of sp³-hybridized carbons (Fsp3) is 0.167. The first-order valence-electron chi connectivity index (χ1n) is 7.98. The summed E-state index contributed by atoms with van der Waals surface area (Å²) in [5.41, 5.74) is 0.271. The van der Waals surface area contributed by atoms with E-state index in [0.29, 0.717) is 11.4 Å². The molecule has 2 N–H and O–H groups in total. The molecule has 28 heavy (non-hydrogen) atoms. The molecule has 146 valence electrons. The van der Waals surface area contributed by atoms with Gasteiger partial charge in [0.15, 0.2) is 6.61 Å². The Kier molecular flexibility index (Phi) is 6.63. The number of anilines is 1. The van der Waals surface area contributed by atoms with Crippen molar-refractivity contribution in [3.63, 3.8) is 0 Å². The molecule has 0 fully saturated rings. The van der Waals surface area contributed by atoms with Crippen molar-refractivity contribution in [1.82, 2.24) is 5.32 Å². The van der Waals surface area contributed by atoms with Crippen LogP contribution in [-0.2, 0) is 9.53 Å². The van der Waals surface area contributed by atoms with Gasteiger partial charge >= 0.3 is 12.0 Å². The molecule has 0 bridgehead atoms. The third-order valence-corrected chi connectivity index (χ3v) is 3.66. The predicted molar refractivity (Wildman–Crippen MR) is 98.3 cm³/mol. The Hall–Kier alpha value is -3.95. The minimum atomic E-state index is -0.910. The molecular weight excluding hydrogens is 370 g/mol. The van der Waals surface area contributed by atoms with E-state index in [2.05, 4.69) is 5.32 Å². The standard InChI is InChI=1S/C18H17N3O7/c1-11-14(4-3-5-15(11)21(25)26)17(23)28-10-16(22)20-18(24)19-12-6-8-13(27-2)9-7-12/h3-9H,10H2,1-2H3,(H2,19,20,22,24). The summed E-state index contributed by atoms with van der Waals surface area (Å²) in [5, 5.41) is 15.3. The second-order valence-electron chi connectivity index (χ2n) is 5.51. The van der Waals surface area contributed by atoms with E-state index in [4.69, 9.17) is 9.47 Å². The number of benzene rings is 2. The lowest BCUT2D eigenvalue weighted by atomic mass is 10.1. The van der Waals surface area contributed by atoms with Gasteiger partial charge in [0.05, 0.1) is 17.6 Å². The average molecular weight is 387 g/mol. The first-order valence-corrected chi connectivity index (χ1v) is 7.98. The number of urea groups is 1. The van der Waals surface area contributed by atoms with Gasteiger partial charge in [0.1, 0.15) is 5.75 Å². The van der Waals surface area contributed by atoms with Gasteiger partial charge in [0.25, 0.3) is 11.6 Å². The summed E-state index contributed by atoms with van der Waals surface area (Å²) in [6.07, 6.45) is 0. The Morgan fingerprint density at radius 2 is 1.79 bits per heavy atom. The number of carbonyl (C=O) groups excluding carboxylic acids is 3. The van der Waals surface area contributed by atoms with Crippen molar-refractivity contribution in [2.45, 2.75) is 6.92 Å². The van der Waals surface area contributed by atoms with Crippen LogP contribution in [-0.4, -0.2) is 36.5 Å². The molecule has 0 saturated heterocycles. The van der Waals surface area contributed by atoms with Crippen LogP contribution in [0.25, 0.3) is 0 Å². The maximum Gasteiger partial charge on any atom is 0.339 e. The third-order valence-electron chi connectivity index (χ3n) is 3.66. The van der Waals surface area contributed by atoms with E-state index in [1.807, 2.05) is 5.32 Å². The van der Waals surface area contributed by atoms with Gasteiger partial charge in [-0.15, -0.1) is 0 Å². The number of hydrogen-bond acceptors (Lipinski definition) is 7. The number of rotatable bonds is 6. The number of nitrogens with zero attached hydrogens (tertiary/aromatic N) is 1. The van der Waals surface area contributed by atoms with E-state index < -0.39 is 29.4 Å². The summed E-state index contributed by atoms with van der Waals surface area (Å²) in [4.78, 5) is 45.9. The highest BCUT2D eigenvalue weighted by molar-refractivity contribution is 6.02. The number of nitrogens with one attached hydrogen (secondary N) is 2. The first kappa shape index (κ1) is 20.4. The molecular formula is C18H17N3O7. The molecule has 3 amide bonds. The number of ether oxygens (including phenoxy) is 2. The van der Waals surface area contributed by atoms with Gasteiger partial charge in [-0.1, -0.05) is 6.07 Å². The molecule has 0 aromatic heterocycles. The van der Waals surface area contributed by atoms with Crippen molar-refractivity contribution in [3.05, 3.63) is 63.7 Å². The second kappa shape index (κ2) is 9.12. The van der Waals surface area contributed by atoms with Gasteiger partial charge in [0.2, 0.25) is 0 Å². The first-order chi connectivity index (χ1) is 13.3. The van der Waals surface area contributed by atoms with Crippen molar-refractivity contribution in [2.24, 2.45) is 0 Å². The van der Waals surface area contributed by atoms with Crippen LogP contribution in [0.1, 0.15) is 15.9 Å². The minimum Gasteiger partial charge on any atom is -0.497 e. The summed E-state index contributed by atoms with van der Waals surface area (Å²) < 4.78 is 9.81. The van der Waals surface area contributed by atoms with Crippen LogP contribution in [0, 0.1) is 17.0 Å². The largest absolute Gasteiger partial charge is 0.497 e. The zero-order valence-corrected chi connectivity index (χ0v) is 15.1. The van der Waals surface area contributed by atoms with Gasteiger partial charge in [-0.3, -0.25) is 20.2 Å². The number of nitro benzene ring substituents is 1. The zero-order valence-electron chi connectivity index (χ0n) is 15.1. The Bertz CT molecular complexity index is 910. The Morgan fingerprint density at radius 3 is 2.39 bits per heavy atom. The lowest BCUT2D eigenvalue weighted by molar-refractivity contribution is -0.385. The van der Waals surface area contributed by atoms with Crippen LogP contribution >= 0.6 is 0 Å². The summed E-state index contributed by atoms with van der Waals surface area (Å²) in [6, 6.07) is 9.53. The SMILES string of the molecule is COc1ccc(NC(=O)NC(=O)COC(=O)c2cccc([N+](=O)[O-])c2C)cc1. The van der Waals surface area contributed by atoms with Gasteiger partial charge in [-0.05, 0) is 37.3 Å². The Balaban J connectivity index is 1.87. The average Bonchev–Trinajstić information content (AvgIpc) is 2.66. The predicted octanol–water partition coefficient (Wildman–Crippen LogP) is 2.42. The molecule has 0 saturated carbocycles. The van der Waals surface area contributed by atoms with Crippen LogP contribution in [0.2, 0.25) is 0 Å². The summed E-state index contributed by atoms with van der Waals surface area (Å²) >= 11 is 0.